The Bertz CT molecular complexity index is 465. The van der Waals surface area contributed by atoms with Crippen molar-refractivity contribution in [3.63, 3.8) is 0 Å². The number of aromatic nitrogens is 2. The van der Waals surface area contributed by atoms with Gasteiger partial charge in [0.25, 0.3) is 0 Å². The van der Waals surface area contributed by atoms with Crippen molar-refractivity contribution in [1.82, 2.24) is 9.97 Å². The highest BCUT2D eigenvalue weighted by molar-refractivity contribution is 5.58. The number of hydrogen-bond donors (Lipinski definition) is 1. The van der Waals surface area contributed by atoms with Gasteiger partial charge < -0.3 is 10.5 Å². The first-order chi connectivity index (χ1) is 8.29. The Morgan fingerprint density at radius 1 is 1.12 bits per heavy atom. The smallest absolute Gasteiger partial charge is 0.141 e. The fourth-order valence-electron chi connectivity index (χ4n) is 1.55. The van der Waals surface area contributed by atoms with Gasteiger partial charge in [-0.3, -0.25) is 4.98 Å². The Labute approximate surface area is 100 Å². The lowest BCUT2D eigenvalue weighted by Crippen LogP contribution is -1.95. The van der Waals surface area contributed by atoms with Crippen LogP contribution in [0.25, 0.3) is 11.3 Å². The average molecular weight is 229 g/mol. The van der Waals surface area contributed by atoms with Gasteiger partial charge in [-0.15, -0.1) is 0 Å². The van der Waals surface area contributed by atoms with Crippen LogP contribution in [0.4, 0.5) is 5.82 Å². The van der Waals surface area contributed by atoms with Crippen LogP contribution in [0, 0.1) is 0 Å². The highest BCUT2D eigenvalue weighted by Crippen LogP contribution is 2.17. The van der Waals surface area contributed by atoms with Gasteiger partial charge in [-0.1, -0.05) is 24.3 Å². The van der Waals surface area contributed by atoms with Gasteiger partial charge >= 0.3 is 0 Å². The lowest BCUT2D eigenvalue weighted by atomic mass is 10.1. The minimum absolute atomic E-state index is 0.436. The van der Waals surface area contributed by atoms with Crippen molar-refractivity contribution in [3.8, 4) is 11.3 Å². The Morgan fingerprint density at radius 2 is 1.88 bits per heavy atom. The number of benzene rings is 1. The summed E-state index contributed by atoms with van der Waals surface area (Å²) in [5.41, 5.74) is 8.62. The summed E-state index contributed by atoms with van der Waals surface area (Å²) in [5, 5.41) is 0. The van der Waals surface area contributed by atoms with Crippen molar-refractivity contribution >= 4 is 5.82 Å². The highest BCUT2D eigenvalue weighted by atomic mass is 16.5. The molecule has 2 rings (SSSR count). The van der Waals surface area contributed by atoms with E-state index in [4.69, 9.17) is 10.5 Å². The molecule has 0 amide bonds. The Morgan fingerprint density at radius 3 is 2.47 bits per heavy atom. The SMILES string of the molecule is COCCc1ccc(-c2cnc(N)cn2)cc1. The summed E-state index contributed by atoms with van der Waals surface area (Å²) in [6, 6.07) is 8.22. The first-order valence-electron chi connectivity index (χ1n) is 5.45. The summed E-state index contributed by atoms with van der Waals surface area (Å²) >= 11 is 0. The quantitative estimate of drug-likeness (QED) is 0.870. The third-order valence-electron chi connectivity index (χ3n) is 2.52. The van der Waals surface area contributed by atoms with Crippen LogP contribution < -0.4 is 5.73 Å². The van der Waals surface area contributed by atoms with Crippen LogP contribution in [0.5, 0.6) is 0 Å². The normalized spacial score (nSPS) is 10.4. The van der Waals surface area contributed by atoms with Gasteiger partial charge in [0.1, 0.15) is 5.82 Å². The summed E-state index contributed by atoms with van der Waals surface area (Å²) in [4.78, 5) is 8.25. The molecule has 0 aliphatic carbocycles. The zero-order chi connectivity index (χ0) is 12.1. The first kappa shape index (κ1) is 11.5. The number of rotatable bonds is 4. The molecule has 0 aliphatic heterocycles. The van der Waals surface area contributed by atoms with E-state index < -0.39 is 0 Å². The maximum atomic E-state index is 5.50. The summed E-state index contributed by atoms with van der Waals surface area (Å²) in [6.45, 7) is 0.737. The van der Waals surface area contributed by atoms with Crippen molar-refractivity contribution in [2.24, 2.45) is 0 Å². The number of nitrogen functional groups attached to an aromatic ring is 1. The van der Waals surface area contributed by atoms with E-state index in [2.05, 4.69) is 22.1 Å². The van der Waals surface area contributed by atoms with E-state index in [1.807, 2.05) is 12.1 Å². The molecular weight excluding hydrogens is 214 g/mol. The second kappa shape index (κ2) is 5.41. The molecule has 0 fully saturated rings. The minimum atomic E-state index is 0.436. The average Bonchev–Trinajstić information content (AvgIpc) is 2.38. The lowest BCUT2D eigenvalue weighted by Gasteiger charge is -2.03. The molecule has 1 aromatic heterocycles. The number of hydrogen-bond acceptors (Lipinski definition) is 4. The molecule has 0 saturated heterocycles. The van der Waals surface area contributed by atoms with Gasteiger partial charge in [-0.05, 0) is 12.0 Å². The molecule has 0 aliphatic rings. The monoisotopic (exact) mass is 229 g/mol. The van der Waals surface area contributed by atoms with E-state index in [-0.39, 0.29) is 0 Å². The second-order valence-electron chi connectivity index (χ2n) is 3.77. The number of anilines is 1. The molecule has 0 spiro atoms. The Kier molecular flexibility index (Phi) is 3.67. The van der Waals surface area contributed by atoms with Gasteiger partial charge in [-0.2, -0.15) is 0 Å². The molecule has 0 radical (unpaired) electrons. The molecule has 0 bridgehead atoms. The third kappa shape index (κ3) is 3.01. The van der Waals surface area contributed by atoms with Crippen LogP contribution in [-0.4, -0.2) is 23.7 Å². The zero-order valence-electron chi connectivity index (χ0n) is 9.76. The van der Waals surface area contributed by atoms with E-state index in [1.165, 1.54) is 5.56 Å². The predicted octanol–water partition coefficient (Wildman–Crippen LogP) is 1.91. The summed E-state index contributed by atoms with van der Waals surface area (Å²) in [6.07, 6.45) is 4.16. The number of ether oxygens (including phenoxy) is 1. The molecule has 2 N–H and O–H groups in total. The first-order valence-corrected chi connectivity index (χ1v) is 5.45. The molecule has 0 atom stereocenters. The summed E-state index contributed by atoms with van der Waals surface area (Å²) < 4.78 is 5.04. The Balaban J connectivity index is 2.14. The fraction of sp³-hybridized carbons (Fsp3) is 0.231. The minimum Gasteiger partial charge on any atom is -0.384 e. The molecule has 2 aromatic rings. The van der Waals surface area contributed by atoms with Crippen molar-refractivity contribution in [3.05, 3.63) is 42.2 Å². The van der Waals surface area contributed by atoms with Crippen molar-refractivity contribution in [2.75, 3.05) is 19.5 Å². The van der Waals surface area contributed by atoms with E-state index in [1.54, 1.807) is 19.5 Å². The fourth-order valence-corrected chi connectivity index (χ4v) is 1.55. The Hall–Kier alpha value is -1.94. The highest BCUT2D eigenvalue weighted by Gasteiger charge is 2.00. The van der Waals surface area contributed by atoms with E-state index >= 15 is 0 Å². The number of nitrogens with two attached hydrogens (primary N) is 1. The standard InChI is InChI=1S/C13H15N3O/c1-17-7-6-10-2-4-11(5-3-10)12-8-16-13(14)9-15-12/h2-5,8-9H,6-7H2,1H3,(H2,14,16). The predicted molar refractivity (Wildman–Crippen MR) is 67.5 cm³/mol. The lowest BCUT2D eigenvalue weighted by molar-refractivity contribution is 0.202. The van der Waals surface area contributed by atoms with Crippen LogP contribution in [0.15, 0.2) is 36.7 Å². The number of methoxy groups -OCH3 is 1. The molecular formula is C13H15N3O. The van der Waals surface area contributed by atoms with Gasteiger partial charge in [0.2, 0.25) is 0 Å². The molecule has 17 heavy (non-hydrogen) atoms. The molecule has 4 heteroatoms. The van der Waals surface area contributed by atoms with Crippen LogP contribution in [0.2, 0.25) is 0 Å². The maximum Gasteiger partial charge on any atom is 0.141 e. The van der Waals surface area contributed by atoms with Crippen LogP contribution >= 0.6 is 0 Å². The topological polar surface area (TPSA) is 61.0 Å². The molecule has 1 heterocycles. The molecule has 88 valence electrons. The van der Waals surface area contributed by atoms with Gasteiger partial charge in [0.15, 0.2) is 0 Å². The third-order valence-corrected chi connectivity index (χ3v) is 2.52. The summed E-state index contributed by atoms with van der Waals surface area (Å²) in [5.74, 6) is 0.436. The van der Waals surface area contributed by atoms with Gasteiger partial charge in [0.05, 0.1) is 24.7 Å². The largest absolute Gasteiger partial charge is 0.384 e. The number of nitrogens with zero attached hydrogens (tertiary/aromatic N) is 2. The van der Waals surface area contributed by atoms with Crippen LogP contribution in [0.3, 0.4) is 0 Å². The van der Waals surface area contributed by atoms with Crippen molar-refractivity contribution in [2.45, 2.75) is 6.42 Å². The van der Waals surface area contributed by atoms with Crippen LogP contribution in [-0.2, 0) is 11.2 Å². The van der Waals surface area contributed by atoms with E-state index in [0.717, 1.165) is 24.3 Å². The van der Waals surface area contributed by atoms with Crippen molar-refractivity contribution < 1.29 is 4.74 Å². The van der Waals surface area contributed by atoms with Crippen LogP contribution in [0.1, 0.15) is 5.56 Å². The van der Waals surface area contributed by atoms with E-state index in [9.17, 15) is 0 Å². The second-order valence-corrected chi connectivity index (χ2v) is 3.77. The maximum absolute atomic E-state index is 5.50. The van der Waals surface area contributed by atoms with Crippen molar-refractivity contribution in [1.29, 1.82) is 0 Å². The van der Waals surface area contributed by atoms with Gasteiger partial charge in [-0.25, -0.2) is 4.98 Å². The zero-order valence-corrected chi connectivity index (χ0v) is 9.76. The van der Waals surface area contributed by atoms with E-state index in [0.29, 0.717) is 5.82 Å². The van der Waals surface area contributed by atoms with Gasteiger partial charge in [0, 0.05) is 12.7 Å². The molecule has 0 saturated carbocycles. The summed E-state index contributed by atoms with van der Waals surface area (Å²) in [7, 11) is 1.71. The molecule has 1 aromatic carbocycles. The molecule has 0 unspecified atom stereocenters. The molecule has 4 nitrogen and oxygen atoms in total.